The van der Waals surface area contributed by atoms with Crippen LogP contribution in [0.1, 0.15) is 47.4 Å². The number of likely N-dealkylation sites (tertiary alicyclic amines) is 1. The van der Waals surface area contributed by atoms with Gasteiger partial charge in [-0.3, -0.25) is 14.3 Å². The summed E-state index contributed by atoms with van der Waals surface area (Å²) in [7, 11) is 0. The maximum absolute atomic E-state index is 13.4. The normalized spacial score (nSPS) is 26.1. The fraction of sp³-hybridized carbons (Fsp3) is 0.579. The van der Waals surface area contributed by atoms with Crippen LogP contribution in [0.25, 0.3) is 5.95 Å². The number of amides is 1. The lowest BCUT2D eigenvalue weighted by Gasteiger charge is -2.41. The summed E-state index contributed by atoms with van der Waals surface area (Å²) >= 11 is 0. The van der Waals surface area contributed by atoms with Crippen LogP contribution in [0.5, 0.6) is 0 Å². The average molecular weight is 388 g/mol. The molecule has 0 atom stereocenters. The van der Waals surface area contributed by atoms with Crippen LogP contribution in [0.3, 0.4) is 0 Å². The van der Waals surface area contributed by atoms with Crippen molar-refractivity contribution in [1.82, 2.24) is 29.7 Å². The first-order valence-electron chi connectivity index (χ1n) is 9.79. The molecule has 1 aliphatic heterocycles. The molecule has 0 aromatic carbocycles. The van der Waals surface area contributed by atoms with E-state index in [1.165, 1.54) is 0 Å². The van der Waals surface area contributed by atoms with Crippen molar-refractivity contribution >= 4 is 5.91 Å². The quantitative estimate of drug-likeness (QED) is 0.864. The van der Waals surface area contributed by atoms with Crippen molar-refractivity contribution in [3.8, 4) is 5.95 Å². The zero-order chi connectivity index (χ0) is 19.3. The van der Waals surface area contributed by atoms with Gasteiger partial charge in [-0.1, -0.05) is 0 Å². The van der Waals surface area contributed by atoms with Gasteiger partial charge in [0.05, 0.1) is 6.54 Å². The molecule has 148 valence electrons. The molecular formula is C19H22F2N6O. The Morgan fingerprint density at radius 3 is 2.82 bits per heavy atom. The molecule has 3 aliphatic rings. The molecule has 28 heavy (non-hydrogen) atoms. The van der Waals surface area contributed by atoms with Crippen LogP contribution in [-0.4, -0.2) is 61.4 Å². The van der Waals surface area contributed by atoms with Gasteiger partial charge in [-0.2, -0.15) is 0 Å². The number of hydrogen-bond acceptors (Lipinski definition) is 5. The number of nitrogens with one attached hydrogen (secondary N) is 1. The lowest BCUT2D eigenvalue weighted by atomic mass is 9.85. The molecule has 2 aromatic heterocycles. The molecule has 1 saturated carbocycles. The highest BCUT2D eigenvalue weighted by Gasteiger charge is 2.44. The van der Waals surface area contributed by atoms with Gasteiger partial charge in [-0.05, 0) is 32.1 Å². The van der Waals surface area contributed by atoms with Crippen LogP contribution in [0.2, 0.25) is 0 Å². The van der Waals surface area contributed by atoms with Crippen molar-refractivity contribution in [3.63, 3.8) is 0 Å². The molecule has 0 bridgehead atoms. The number of carbonyl (C=O) groups is 1. The summed E-state index contributed by atoms with van der Waals surface area (Å²) in [6, 6.07) is 0.145. The van der Waals surface area contributed by atoms with Gasteiger partial charge in [0.2, 0.25) is 5.95 Å². The monoisotopic (exact) mass is 388 g/mol. The number of alkyl halides is 2. The number of carbonyl (C=O) groups excluding carboxylic acids is 1. The lowest BCUT2D eigenvalue weighted by molar-refractivity contribution is -0.000497. The van der Waals surface area contributed by atoms with E-state index in [4.69, 9.17) is 0 Å². The van der Waals surface area contributed by atoms with E-state index in [1.807, 2.05) is 4.90 Å². The van der Waals surface area contributed by atoms with Gasteiger partial charge in [-0.15, -0.1) is 0 Å². The second-order valence-corrected chi connectivity index (χ2v) is 7.99. The van der Waals surface area contributed by atoms with Gasteiger partial charge >= 0.3 is 0 Å². The standard InChI is InChI=1S/C19H22F2N6O/c20-19(21)4-6-26(10-19)13-8-12(9-13)23-17(28)16-14-2-1-3-15(14)24-18(25-16)27-7-5-22-11-27/h5,7,11-13H,1-4,6,8-10H2,(H,23,28)/t12-,13+. The molecule has 2 aliphatic carbocycles. The predicted molar refractivity (Wildman–Crippen MR) is 96.6 cm³/mol. The number of rotatable bonds is 4. The summed E-state index contributed by atoms with van der Waals surface area (Å²) in [5.41, 5.74) is 2.29. The topological polar surface area (TPSA) is 75.9 Å². The largest absolute Gasteiger partial charge is 0.348 e. The molecular weight excluding hydrogens is 366 g/mol. The molecule has 1 amide bonds. The minimum absolute atomic E-state index is 0.00966. The second-order valence-electron chi connectivity index (χ2n) is 7.99. The summed E-state index contributed by atoms with van der Waals surface area (Å²) in [4.78, 5) is 27.9. The number of fused-ring (bicyclic) bond motifs is 1. The maximum Gasteiger partial charge on any atom is 0.270 e. The molecule has 0 spiro atoms. The second kappa shape index (κ2) is 6.58. The molecule has 5 rings (SSSR count). The summed E-state index contributed by atoms with van der Waals surface area (Å²) in [6.07, 6.45) is 8.98. The Labute approximate surface area is 161 Å². The maximum atomic E-state index is 13.4. The van der Waals surface area contributed by atoms with E-state index in [0.29, 0.717) is 31.0 Å². The van der Waals surface area contributed by atoms with Crippen LogP contribution in [0.4, 0.5) is 8.78 Å². The Hall–Kier alpha value is -2.42. The van der Waals surface area contributed by atoms with Crippen molar-refractivity contribution in [2.45, 2.75) is 56.5 Å². The smallest absolute Gasteiger partial charge is 0.270 e. The van der Waals surface area contributed by atoms with Crippen molar-refractivity contribution in [2.75, 3.05) is 13.1 Å². The molecule has 2 aromatic rings. The average Bonchev–Trinajstić information content (AvgIpc) is 3.36. The van der Waals surface area contributed by atoms with Crippen LogP contribution in [-0.2, 0) is 12.8 Å². The number of hydrogen-bond donors (Lipinski definition) is 1. The molecule has 1 saturated heterocycles. The zero-order valence-corrected chi connectivity index (χ0v) is 15.4. The van der Waals surface area contributed by atoms with Crippen LogP contribution in [0, 0.1) is 0 Å². The molecule has 0 radical (unpaired) electrons. The lowest BCUT2D eigenvalue weighted by Crippen LogP contribution is -2.53. The van der Waals surface area contributed by atoms with E-state index in [9.17, 15) is 13.6 Å². The highest BCUT2D eigenvalue weighted by atomic mass is 19.3. The van der Waals surface area contributed by atoms with E-state index in [-0.39, 0.29) is 31.0 Å². The Bertz CT molecular complexity index is 894. The van der Waals surface area contributed by atoms with E-state index >= 15 is 0 Å². The minimum Gasteiger partial charge on any atom is -0.348 e. The molecule has 2 fully saturated rings. The number of aryl methyl sites for hydroxylation is 1. The molecule has 0 unspecified atom stereocenters. The first-order valence-corrected chi connectivity index (χ1v) is 9.79. The van der Waals surface area contributed by atoms with Gasteiger partial charge < -0.3 is 5.32 Å². The summed E-state index contributed by atoms with van der Waals surface area (Å²) < 4.78 is 28.5. The SMILES string of the molecule is O=C(N[C@H]1C[C@@H](N2CCC(F)(F)C2)C1)c1nc(-n2ccnc2)nc2c1CCC2. The van der Waals surface area contributed by atoms with Crippen molar-refractivity contribution in [2.24, 2.45) is 0 Å². The molecule has 7 nitrogen and oxygen atoms in total. The van der Waals surface area contributed by atoms with Gasteiger partial charge in [-0.25, -0.2) is 23.7 Å². The predicted octanol–water partition coefficient (Wildman–Crippen LogP) is 1.75. The summed E-state index contributed by atoms with van der Waals surface area (Å²) in [5, 5.41) is 3.04. The minimum atomic E-state index is -2.57. The molecule has 3 heterocycles. The van der Waals surface area contributed by atoms with Crippen molar-refractivity contribution < 1.29 is 13.6 Å². The Kier molecular flexibility index (Phi) is 4.15. The first kappa shape index (κ1) is 17.7. The van der Waals surface area contributed by atoms with Gasteiger partial charge in [0, 0.05) is 48.7 Å². The van der Waals surface area contributed by atoms with E-state index in [1.54, 1.807) is 23.3 Å². The van der Waals surface area contributed by atoms with E-state index in [0.717, 1.165) is 30.5 Å². The van der Waals surface area contributed by atoms with Crippen molar-refractivity contribution in [1.29, 1.82) is 0 Å². The Balaban J connectivity index is 1.28. The van der Waals surface area contributed by atoms with Crippen molar-refractivity contribution in [3.05, 3.63) is 35.7 Å². The van der Waals surface area contributed by atoms with Crippen LogP contribution < -0.4 is 5.32 Å². The highest BCUT2D eigenvalue weighted by Crippen LogP contribution is 2.34. The fourth-order valence-corrected chi connectivity index (χ4v) is 4.43. The van der Waals surface area contributed by atoms with E-state index < -0.39 is 5.92 Å². The number of halogens is 2. The molecule has 9 heteroatoms. The first-order chi connectivity index (χ1) is 13.5. The highest BCUT2D eigenvalue weighted by molar-refractivity contribution is 5.94. The Morgan fingerprint density at radius 2 is 2.11 bits per heavy atom. The third-order valence-corrected chi connectivity index (χ3v) is 6.04. The molecule has 1 N–H and O–H groups in total. The number of nitrogens with zero attached hydrogens (tertiary/aromatic N) is 5. The van der Waals surface area contributed by atoms with Gasteiger partial charge in [0.15, 0.2) is 0 Å². The van der Waals surface area contributed by atoms with Crippen LogP contribution in [0.15, 0.2) is 18.7 Å². The van der Waals surface area contributed by atoms with Crippen LogP contribution >= 0.6 is 0 Å². The van der Waals surface area contributed by atoms with Gasteiger partial charge in [0.1, 0.15) is 12.0 Å². The van der Waals surface area contributed by atoms with E-state index in [2.05, 4.69) is 20.3 Å². The Morgan fingerprint density at radius 1 is 1.25 bits per heavy atom. The third kappa shape index (κ3) is 3.17. The number of imidazole rings is 1. The summed E-state index contributed by atoms with van der Waals surface area (Å²) in [6.45, 7) is 0.276. The fourth-order valence-electron chi connectivity index (χ4n) is 4.43. The van der Waals surface area contributed by atoms with Gasteiger partial charge in [0.25, 0.3) is 11.8 Å². The number of aromatic nitrogens is 4. The third-order valence-electron chi connectivity index (χ3n) is 6.04. The summed E-state index contributed by atoms with van der Waals surface area (Å²) in [5.74, 6) is -2.31. The zero-order valence-electron chi connectivity index (χ0n) is 15.4.